The number of nitrogens with zero attached hydrogens (tertiary/aromatic N) is 1. The fourth-order valence-corrected chi connectivity index (χ4v) is 1.65. The molecule has 0 amide bonds. The Hall–Kier alpha value is -1.64. The van der Waals surface area contributed by atoms with Gasteiger partial charge in [-0.15, -0.1) is 0 Å². The van der Waals surface area contributed by atoms with Crippen molar-refractivity contribution >= 4 is 5.69 Å². The van der Waals surface area contributed by atoms with Gasteiger partial charge in [-0.25, -0.2) is 4.39 Å². The van der Waals surface area contributed by atoms with E-state index in [0.29, 0.717) is 12.5 Å². The first-order valence-electron chi connectivity index (χ1n) is 5.98. The number of rotatable bonds is 7. The molecule has 1 aromatic rings. The van der Waals surface area contributed by atoms with Gasteiger partial charge in [0, 0.05) is 24.2 Å². The first-order chi connectivity index (χ1) is 9.39. The summed E-state index contributed by atoms with van der Waals surface area (Å²) in [6, 6.07) is 1.24. The lowest BCUT2D eigenvalue weighted by Gasteiger charge is -2.29. The number of hydrogen-bond donors (Lipinski definition) is 3. The van der Waals surface area contributed by atoms with Gasteiger partial charge in [-0.3, -0.25) is 10.1 Å². The second-order valence-corrected chi connectivity index (χ2v) is 4.46. The lowest BCUT2D eigenvalue weighted by Crippen LogP contribution is -2.50. The average molecular weight is 290 g/mol. The first kappa shape index (κ1) is 16.4. The fourth-order valence-electron chi connectivity index (χ4n) is 1.65. The van der Waals surface area contributed by atoms with E-state index < -0.39 is 27.8 Å². The number of benzene rings is 1. The van der Waals surface area contributed by atoms with Crippen molar-refractivity contribution < 1.29 is 23.9 Å². The van der Waals surface area contributed by atoms with E-state index in [0.717, 1.165) is 6.07 Å². The quantitative estimate of drug-likeness (QED) is 0.516. The van der Waals surface area contributed by atoms with E-state index in [1.54, 1.807) is 6.92 Å². The highest BCUT2D eigenvalue weighted by molar-refractivity contribution is 5.37. The van der Waals surface area contributed by atoms with Crippen molar-refractivity contribution in [2.24, 2.45) is 0 Å². The third-order valence-electron chi connectivity index (χ3n) is 3.25. The minimum Gasteiger partial charge on any atom is -0.394 e. The van der Waals surface area contributed by atoms with E-state index in [1.807, 2.05) is 0 Å². The summed E-state index contributed by atoms with van der Waals surface area (Å²) in [6.45, 7) is 0.765. The molecular formula is C12H16F2N2O4. The first-order valence-corrected chi connectivity index (χ1v) is 5.98. The lowest BCUT2D eigenvalue weighted by molar-refractivity contribution is -0.387. The van der Waals surface area contributed by atoms with Gasteiger partial charge < -0.3 is 15.5 Å². The van der Waals surface area contributed by atoms with E-state index in [2.05, 4.69) is 5.32 Å². The van der Waals surface area contributed by atoms with Crippen molar-refractivity contribution in [3.63, 3.8) is 0 Å². The van der Waals surface area contributed by atoms with Gasteiger partial charge in [0.25, 0.3) is 0 Å². The molecule has 3 N–H and O–H groups in total. The molecule has 0 saturated carbocycles. The summed E-state index contributed by atoms with van der Waals surface area (Å²) in [7, 11) is 0. The molecule has 0 spiro atoms. The van der Waals surface area contributed by atoms with Gasteiger partial charge in [0.15, 0.2) is 0 Å². The summed E-state index contributed by atoms with van der Waals surface area (Å²) in [6.07, 6.45) is 0.366. The molecule has 0 bridgehead atoms. The highest BCUT2D eigenvalue weighted by Gasteiger charge is 2.27. The van der Waals surface area contributed by atoms with Crippen LogP contribution in [-0.2, 0) is 6.54 Å². The predicted octanol–water partition coefficient (Wildman–Crippen LogP) is 1.10. The highest BCUT2D eigenvalue weighted by atomic mass is 19.1. The number of nitro groups is 1. The summed E-state index contributed by atoms with van der Waals surface area (Å²) in [5.41, 5.74) is -1.95. The highest BCUT2D eigenvalue weighted by Crippen LogP contribution is 2.22. The molecule has 0 saturated heterocycles. The van der Waals surface area contributed by atoms with E-state index in [9.17, 15) is 29.1 Å². The zero-order valence-corrected chi connectivity index (χ0v) is 10.9. The third kappa shape index (κ3) is 3.47. The van der Waals surface area contributed by atoms with Crippen LogP contribution in [0.1, 0.15) is 18.9 Å². The summed E-state index contributed by atoms with van der Waals surface area (Å²) >= 11 is 0. The number of aliphatic hydroxyl groups is 2. The van der Waals surface area contributed by atoms with Crippen LogP contribution in [0.3, 0.4) is 0 Å². The molecule has 1 rings (SSSR count). The Morgan fingerprint density at radius 2 is 1.90 bits per heavy atom. The summed E-state index contributed by atoms with van der Waals surface area (Å²) in [4.78, 5) is 9.66. The van der Waals surface area contributed by atoms with Gasteiger partial charge in [0.1, 0.15) is 5.82 Å². The molecule has 0 unspecified atom stereocenters. The minimum atomic E-state index is -1.25. The molecule has 0 fully saturated rings. The van der Waals surface area contributed by atoms with Crippen LogP contribution in [0.15, 0.2) is 12.1 Å². The Labute approximate surface area is 114 Å². The van der Waals surface area contributed by atoms with Crippen LogP contribution in [0.5, 0.6) is 0 Å². The number of nitrogens with one attached hydrogen (secondary N) is 1. The van der Waals surface area contributed by atoms with Gasteiger partial charge in [-0.05, 0) is 6.42 Å². The van der Waals surface area contributed by atoms with Crippen molar-refractivity contribution in [1.29, 1.82) is 0 Å². The Morgan fingerprint density at radius 1 is 1.30 bits per heavy atom. The molecule has 0 heterocycles. The third-order valence-corrected chi connectivity index (χ3v) is 3.25. The number of halogens is 2. The smallest absolute Gasteiger partial charge is 0.305 e. The Balaban J connectivity index is 2.98. The van der Waals surface area contributed by atoms with Gasteiger partial charge in [-0.2, -0.15) is 4.39 Å². The van der Waals surface area contributed by atoms with Crippen LogP contribution in [-0.4, -0.2) is 33.9 Å². The zero-order chi connectivity index (χ0) is 15.3. The van der Waals surface area contributed by atoms with Crippen LogP contribution in [0, 0.1) is 21.7 Å². The van der Waals surface area contributed by atoms with Crippen LogP contribution in [0.2, 0.25) is 0 Å². The molecule has 6 nitrogen and oxygen atoms in total. The zero-order valence-electron chi connectivity index (χ0n) is 10.9. The van der Waals surface area contributed by atoms with Crippen LogP contribution in [0.4, 0.5) is 14.5 Å². The van der Waals surface area contributed by atoms with Crippen LogP contribution >= 0.6 is 0 Å². The predicted molar refractivity (Wildman–Crippen MR) is 67.0 cm³/mol. The van der Waals surface area contributed by atoms with Crippen molar-refractivity contribution in [3.05, 3.63) is 39.4 Å². The second-order valence-electron chi connectivity index (χ2n) is 4.46. The van der Waals surface area contributed by atoms with Gasteiger partial charge >= 0.3 is 5.69 Å². The summed E-state index contributed by atoms with van der Waals surface area (Å²) in [5, 5.41) is 31.8. The normalized spacial score (nSPS) is 11.7. The van der Waals surface area contributed by atoms with E-state index in [4.69, 9.17) is 0 Å². The Morgan fingerprint density at radius 3 is 2.35 bits per heavy atom. The van der Waals surface area contributed by atoms with Crippen molar-refractivity contribution in [2.75, 3.05) is 13.2 Å². The SMILES string of the molecule is CCC(CO)(CO)NCc1cc([N+](=O)[O-])c(F)cc1F. The summed E-state index contributed by atoms with van der Waals surface area (Å²) in [5.74, 6) is -2.18. The number of hydrogen-bond acceptors (Lipinski definition) is 5. The van der Waals surface area contributed by atoms with Gasteiger partial charge in [-0.1, -0.05) is 6.92 Å². The molecule has 0 radical (unpaired) electrons. The Kier molecular flexibility index (Phi) is 5.49. The maximum Gasteiger partial charge on any atom is 0.305 e. The maximum atomic E-state index is 13.6. The van der Waals surface area contributed by atoms with Crippen LogP contribution in [0.25, 0.3) is 0 Å². The molecule has 0 atom stereocenters. The largest absolute Gasteiger partial charge is 0.394 e. The molecule has 1 aromatic carbocycles. The van der Waals surface area contributed by atoms with E-state index in [1.165, 1.54) is 0 Å². The van der Waals surface area contributed by atoms with E-state index >= 15 is 0 Å². The minimum absolute atomic E-state index is 0.113. The lowest BCUT2D eigenvalue weighted by atomic mass is 9.98. The summed E-state index contributed by atoms with van der Waals surface area (Å²) < 4.78 is 26.7. The molecule has 8 heteroatoms. The number of nitro benzene ring substituents is 1. The maximum absolute atomic E-state index is 13.6. The molecule has 112 valence electrons. The molecular weight excluding hydrogens is 274 g/mol. The Bertz CT molecular complexity index is 484. The topological polar surface area (TPSA) is 95.6 Å². The van der Waals surface area contributed by atoms with Gasteiger partial charge in [0.2, 0.25) is 5.82 Å². The standard InChI is InChI=1S/C12H16F2N2O4/c1-2-12(6-17,7-18)15-5-8-3-11(16(19)20)10(14)4-9(8)13/h3-4,15,17-18H,2,5-7H2,1H3. The second kappa shape index (κ2) is 6.69. The van der Waals surface area contributed by atoms with Crippen molar-refractivity contribution in [3.8, 4) is 0 Å². The fraction of sp³-hybridized carbons (Fsp3) is 0.500. The van der Waals surface area contributed by atoms with Crippen molar-refractivity contribution in [1.82, 2.24) is 5.32 Å². The average Bonchev–Trinajstić information content (AvgIpc) is 2.42. The van der Waals surface area contributed by atoms with Gasteiger partial charge in [0.05, 0.1) is 23.7 Å². The molecule has 0 aliphatic heterocycles. The van der Waals surface area contributed by atoms with Crippen LogP contribution < -0.4 is 5.32 Å². The molecule has 20 heavy (non-hydrogen) atoms. The van der Waals surface area contributed by atoms with E-state index in [-0.39, 0.29) is 25.3 Å². The molecule has 0 aromatic heterocycles. The monoisotopic (exact) mass is 290 g/mol. The van der Waals surface area contributed by atoms with Crippen molar-refractivity contribution in [2.45, 2.75) is 25.4 Å². The molecule has 0 aliphatic carbocycles. The number of aliphatic hydroxyl groups excluding tert-OH is 2. The molecule has 0 aliphatic rings.